The molecule has 9 heavy (non-hydrogen) atoms. The van der Waals surface area contributed by atoms with Crippen molar-refractivity contribution in [2.24, 2.45) is 0 Å². The summed E-state index contributed by atoms with van der Waals surface area (Å²) in [5, 5.41) is 0.595. The summed E-state index contributed by atoms with van der Waals surface area (Å²) < 4.78 is 0. The van der Waals surface area contributed by atoms with Crippen LogP contribution in [0.3, 0.4) is 0 Å². The summed E-state index contributed by atoms with van der Waals surface area (Å²) in [5.74, 6) is 0. The molecule has 0 aromatic heterocycles. The highest BCUT2D eigenvalue weighted by Gasteiger charge is 2.10. The minimum absolute atomic E-state index is 0.595. The molecule has 0 aliphatic carbocycles. The predicted octanol–water partition coefficient (Wildman–Crippen LogP) is 2.75. The molecule has 1 heteroatoms. The average Bonchev–Trinajstić information content (AvgIpc) is 2.34. The average molecular weight is 138 g/mol. The largest absolute Gasteiger partial charge is 0.119 e. The second-order valence-electron chi connectivity index (χ2n) is 1.94. The molecule has 0 saturated carbocycles. The third-order valence-corrected chi connectivity index (χ3v) is 2.60. The summed E-state index contributed by atoms with van der Waals surface area (Å²) in [5.41, 5.74) is 0. The van der Waals surface area contributed by atoms with Gasteiger partial charge in [-0.15, -0.1) is 18.3 Å². The summed E-state index contributed by atoms with van der Waals surface area (Å²) in [4.78, 5) is 1.29. The van der Waals surface area contributed by atoms with Crippen LogP contribution >= 0.6 is 11.8 Å². The van der Waals surface area contributed by atoms with Gasteiger partial charge in [-0.2, -0.15) is 0 Å². The number of hydrogen-bond donors (Lipinski definition) is 0. The van der Waals surface area contributed by atoms with Crippen molar-refractivity contribution >= 4 is 11.8 Å². The van der Waals surface area contributed by atoms with E-state index in [0.29, 0.717) is 5.25 Å². The van der Waals surface area contributed by atoms with Crippen LogP contribution in [-0.4, -0.2) is 5.25 Å². The van der Waals surface area contributed by atoms with E-state index in [1.165, 1.54) is 4.91 Å². The smallest absolute Gasteiger partial charge is 0.0306 e. The van der Waals surface area contributed by atoms with Crippen LogP contribution in [0.5, 0.6) is 0 Å². The molecule has 0 bridgehead atoms. The Morgan fingerprint density at radius 3 is 2.78 bits per heavy atom. The summed E-state index contributed by atoms with van der Waals surface area (Å²) in [6, 6.07) is 0. The molecule has 1 aliphatic rings. The standard InChI is InChI=1S/C8H10S/c1-3-7-5-6-8(4-2)9-7/h3-5,8H,1-2,6H2. The topological polar surface area (TPSA) is 0 Å². The van der Waals surface area contributed by atoms with Gasteiger partial charge in [0.25, 0.3) is 0 Å². The van der Waals surface area contributed by atoms with Gasteiger partial charge in [-0.1, -0.05) is 24.8 Å². The molecule has 1 unspecified atom stereocenters. The fourth-order valence-corrected chi connectivity index (χ4v) is 1.71. The van der Waals surface area contributed by atoms with Crippen LogP contribution in [-0.2, 0) is 0 Å². The Labute approximate surface area is 60.3 Å². The van der Waals surface area contributed by atoms with Gasteiger partial charge in [-0.3, -0.25) is 0 Å². The normalized spacial score (nSPS) is 25.3. The van der Waals surface area contributed by atoms with Crippen molar-refractivity contribution in [3.63, 3.8) is 0 Å². The highest BCUT2D eigenvalue weighted by Crippen LogP contribution is 2.32. The third-order valence-electron chi connectivity index (χ3n) is 1.30. The van der Waals surface area contributed by atoms with E-state index < -0.39 is 0 Å². The molecule has 1 atom stereocenters. The molecule has 0 nitrogen and oxygen atoms in total. The van der Waals surface area contributed by atoms with Crippen LogP contribution < -0.4 is 0 Å². The molecule has 0 amide bonds. The lowest BCUT2D eigenvalue weighted by atomic mass is 10.3. The molecule has 1 rings (SSSR count). The SMILES string of the molecule is C=CC1=CCC(C=C)S1. The zero-order valence-electron chi connectivity index (χ0n) is 5.34. The van der Waals surface area contributed by atoms with Gasteiger partial charge in [0.05, 0.1) is 0 Å². The highest BCUT2D eigenvalue weighted by molar-refractivity contribution is 8.04. The lowest BCUT2D eigenvalue weighted by Crippen LogP contribution is -1.86. The first-order valence-corrected chi connectivity index (χ1v) is 3.86. The predicted molar refractivity (Wildman–Crippen MR) is 44.5 cm³/mol. The molecule has 0 saturated heterocycles. The zero-order chi connectivity index (χ0) is 6.69. The van der Waals surface area contributed by atoms with Crippen LogP contribution in [0.4, 0.5) is 0 Å². The van der Waals surface area contributed by atoms with E-state index in [2.05, 4.69) is 19.2 Å². The Kier molecular flexibility index (Phi) is 2.17. The van der Waals surface area contributed by atoms with Crippen molar-refractivity contribution in [1.29, 1.82) is 0 Å². The molecule has 0 aromatic rings. The van der Waals surface area contributed by atoms with Crippen molar-refractivity contribution in [2.75, 3.05) is 0 Å². The Bertz CT molecular complexity index is 156. The monoisotopic (exact) mass is 138 g/mol. The molecule has 0 radical (unpaired) electrons. The van der Waals surface area contributed by atoms with E-state index in [9.17, 15) is 0 Å². The van der Waals surface area contributed by atoms with Gasteiger partial charge in [0.1, 0.15) is 0 Å². The first-order chi connectivity index (χ1) is 4.36. The van der Waals surface area contributed by atoms with Gasteiger partial charge in [-0.05, 0) is 6.42 Å². The number of rotatable bonds is 2. The first-order valence-electron chi connectivity index (χ1n) is 2.98. The van der Waals surface area contributed by atoms with E-state index in [-0.39, 0.29) is 0 Å². The van der Waals surface area contributed by atoms with Crippen LogP contribution in [0.2, 0.25) is 0 Å². The van der Waals surface area contributed by atoms with E-state index in [4.69, 9.17) is 0 Å². The van der Waals surface area contributed by atoms with E-state index in [0.717, 1.165) is 6.42 Å². The fraction of sp³-hybridized carbons (Fsp3) is 0.250. The van der Waals surface area contributed by atoms with Gasteiger partial charge >= 0.3 is 0 Å². The second-order valence-corrected chi connectivity index (χ2v) is 3.25. The maximum Gasteiger partial charge on any atom is 0.0306 e. The Morgan fingerprint density at radius 1 is 1.67 bits per heavy atom. The third kappa shape index (κ3) is 1.49. The van der Waals surface area contributed by atoms with Crippen molar-refractivity contribution in [2.45, 2.75) is 11.7 Å². The molecular weight excluding hydrogens is 128 g/mol. The first kappa shape index (κ1) is 6.69. The van der Waals surface area contributed by atoms with Crippen molar-refractivity contribution in [1.82, 2.24) is 0 Å². The second kappa shape index (κ2) is 2.92. The van der Waals surface area contributed by atoms with Crippen molar-refractivity contribution in [3.8, 4) is 0 Å². The fourth-order valence-electron chi connectivity index (χ4n) is 0.779. The molecule has 0 N–H and O–H groups in total. The van der Waals surface area contributed by atoms with Crippen LogP contribution in [0, 0.1) is 0 Å². The van der Waals surface area contributed by atoms with E-state index >= 15 is 0 Å². The van der Waals surface area contributed by atoms with Gasteiger partial charge in [-0.25, -0.2) is 0 Å². The van der Waals surface area contributed by atoms with Gasteiger partial charge in [0, 0.05) is 10.2 Å². The highest BCUT2D eigenvalue weighted by atomic mass is 32.2. The number of allylic oxidation sites excluding steroid dienone is 2. The molecular formula is C8H10S. The summed E-state index contributed by atoms with van der Waals surface area (Å²) in [6.07, 6.45) is 7.20. The number of thioether (sulfide) groups is 1. The van der Waals surface area contributed by atoms with Gasteiger partial charge in [0.2, 0.25) is 0 Å². The quantitative estimate of drug-likeness (QED) is 0.529. The molecule has 48 valence electrons. The van der Waals surface area contributed by atoms with Gasteiger partial charge in [0.15, 0.2) is 0 Å². The van der Waals surface area contributed by atoms with Crippen LogP contribution in [0.15, 0.2) is 36.3 Å². The van der Waals surface area contributed by atoms with Crippen LogP contribution in [0.1, 0.15) is 6.42 Å². The minimum Gasteiger partial charge on any atom is -0.119 e. The molecule has 1 heterocycles. The summed E-state index contributed by atoms with van der Waals surface area (Å²) >= 11 is 1.84. The van der Waals surface area contributed by atoms with Crippen molar-refractivity contribution < 1.29 is 0 Å². The van der Waals surface area contributed by atoms with Crippen molar-refractivity contribution in [3.05, 3.63) is 36.3 Å². The maximum atomic E-state index is 3.72. The summed E-state index contributed by atoms with van der Waals surface area (Å²) in [6.45, 7) is 7.41. The lowest BCUT2D eigenvalue weighted by Gasteiger charge is -1.98. The van der Waals surface area contributed by atoms with E-state index in [1.54, 1.807) is 0 Å². The molecule has 0 aromatic carbocycles. The molecule has 1 aliphatic heterocycles. The van der Waals surface area contributed by atoms with Gasteiger partial charge < -0.3 is 0 Å². The molecule has 0 spiro atoms. The summed E-state index contributed by atoms with van der Waals surface area (Å²) in [7, 11) is 0. The Balaban J connectivity index is 2.48. The number of hydrogen-bond acceptors (Lipinski definition) is 1. The Morgan fingerprint density at radius 2 is 2.44 bits per heavy atom. The minimum atomic E-state index is 0.595. The lowest BCUT2D eigenvalue weighted by molar-refractivity contribution is 1.10. The maximum absolute atomic E-state index is 3.72. The van der Waals surface area contributed by atoms with Crippen LogP contribution in [0.25, 0.3) is 0 Å². The van der Waals surface area contributed by atoms with E-state index in [1.807, 2.05) is 23.9 Å². The molecule has 0 fully saturated rings. The Hall–Kier alpha value is -0.430. The zero-order valence-corrected chi connectivity index (χ0v) is 6.16.